The molecule has 0 N–H and O–H groups in total. The van der Waals surface area contributed by atoms with Crippen LogP contribution in [0.25, 0.3) is 0 Å². The van der Waals surface area contributed by atoms with Gasteiger partial charge in [-0.05, 0) is 29.8 Å². The van der Waals surface area contributed by atoms with Crippen LogP contribution in [0.5, 0.6) is 0 Å². The largest absolute Gasteiger partial charge is 0.370 e. The fraction of sp³-hybridized carbons (Fsp3) is 0.429. The van der Waals surface area contributed by atoms with Gasteiger partial charge in [0.2, 0.25) is 0 Å². The van der Waals surface area contributed by atoms with E-state index in [-0.39, 0.29) is 0 Å². The normalized spacial score (nSPS) is 29.9. The van der Waals surface area contributed by atoms with Crippen molar-refractivity contribution < 1.29 is 0 Å². The smallest absolute Gasteiger partial charge is 0.0367 e. The number of anilines is 1. The first-order valence-electron chi connectivity index (χ1n) is 8.74. The van der Waals surface area contributed by atoms with E-state index in [9.17, 15) is 0 Å². The van der Waals surface area contributed by atoms with Crippen molar-refractivity contribution in [2.45, 2.75) is 20.4 Å². The van der Waals surface area contributed by atoms with Crippen LogP contribution in [-0.4, -0.2) is 31.1 Å². The molecule has 0 amide bonds. The maximum absolute atomic E-state index is 3.54. The first kappa shape index (κ1) is 16.2. The van der Waals surface area contributed by atoms with Gasteiger partial charge in [-0.2, -0.15) is 0 Å². The zero-order chi connectivity index (χ0) is 16.8. The fourth-order valence-electron chi connectivity index (χ4n) is 4.59. The number of nitrogens with zero attached hydrogens (tertiary/aromatic N) is 2. The quantitative estimate of drug-likeness (QED) is 0.749. The lowest BCUT2D eigenvalue weighted by Gasteiger charge is -2.30. The molecule has 2 aromatic carbocycles. The third-order valence-corrected chi connectivity index (χ3v) is 6.65. The minimum absolute atomic E-state index is 0.356. The molecule has 2 aliphatic heterocycles. The Morgan fingerprint density at radius 1 is 0.833 bits per heavy atom. The average molecular weight is 385 g/mol. The molecule has 0 radical (unpaired) electrons. The number of fused-ring (bicyclic) bond motifs is 1. The third-order valence-electron chi connectivity index (χ3n) is 6.12. The highest BCUT2D eigenvalue weighted by molar-refractivity contribution is 9.10. The Morgan fingerprint density at radius 2 is 1.42 bits per heavy atom. The molecule has 2 nitrogen and oxygen atoms in total. The van der Waals surface area contributed by atoms with E-state index in [0.29, 0.717) is 10.8 Å². The van der Waals surface area contributed by atoms with Crippen LogP contribution >= 0.6 is 15.9 Å². The maximum atomic E-state index is 3.54. The van der Waals surface area contributed by atoms with E-state index in [0.717, 1.165) is 24.1 Å². The summed E-state index contributed by atoms with van der Waals surface area (Å²) < 4.78 is 1.15. The van der Waals surface area contributed by atoms with Crippen LogP contribution in [0.2, 0.25) is 0 Å². The molecule has 0 saturated carbocycles. The SMILES string of the molecule is C[C@@]12CN(Cc3ccccc3)C[C@]1(C)CN(c1ccc(Br)cc1)C2. The van der Waals surface area contributed by atoms with E-state index in [1.54, 1.807) is 0 Å². The highest BCUT2D eigenvalue weighted by atomic mass is 79.9. The molecule has 0 spiro atoms. The van der Waals surface area contributed by atoms with Gasteiger partial charge in [0.05, 0.1) is 0 Å². The second-order valence-electron chi connectivity index (χ2n) is 8.08. The summed E-state index contributed by atoms with van der Waals surface area (Å²) >= 11 is 3.54. The Labute approximate surface area is 153 Å². The molecule has 24 heavy (non-hydrogen) atoms. The van der Waals surface area contributed by atoms with Gasteiger partial charge in [0.1, 0.15) is 0 Å². The van der Waals surface area contributed by atoms with Gasteiger partial charge in [-0.25, -0.2) is 0 Å². The van der Waals surface area contributed by atoms with Crippen LogP contribution in [0.1, 0.15) is 19.4 Å². The minimum atomic E-state index is 0.356. The monoisotopic (exact) mass is 384 g/mol. The second-order valence-corrected chi connectivity index (χ2v) is 9.00. The zero-order valence-corrected chi connectivity index (χ0v) is 16.1. The summed E-state index contributed by atoms with van der Waals surface area (Å²) in [6.07, 6.45) is 0. The molecule has 2 atom stereocenters. The number of rotatable bonds is 3. The van der Waals surface area contributed by atoms with Crippen molar-refractivity contribution in [1.29, 1.82) is 0 Å². The Balaban J connectivity index is 1.49. The summed E-state index contributed by atoms with van der Waals surface area (Å²) in [5.74, 6) is 0. The van der Waals surface area contributed by atoms with Crippen molar-refractivity contribution in [3.63, 3.8) is 0 Å². The van der Waals surface area contributed by atoms with Crippen LogP contribution in [0.3, 0.4) is 0 Å². The van der Waals surface area contributed by atoms with E-state index in [4.69, 9.17) is 0 Å². The van der Waals surface area contributed by atoms with Crippen LogP contribution in [0.15, 0.2) is 59.1 Å². The maximum Gasteiger partial charge on any atom is 0.0367 e. The Morgan fingerprint density at radius 3 is 2.00 bits per heavy atom. The lowest BCUT2D eigenvalue weighted by Crippen LogP contribution is -2.34. The van der Waals surface area contributed by atoms with Gasteiger partial charge in [0, 0.05) is 53.7 Å². The van der Waals surface area contributed by atoms with Crippen molar-refractivity contribution in [2.75, 3.05) is 31.1 Å². The molecular weight excluding hydrogens is 360 g/mol. The molecule has 2 saturated heterocycles. The van der Waals surface area contributed by atoms with E-state index in [1.807, 2.05) is 0 Å². The van der Waals surface area contributed by atoms with E-state index in [1.165, 1.54) is 24.3 Å². The summed E-state index contributed by atoms with van der Waals surface area (Å²) in [5.41, 5.74) is 3.49. The number of halogens is 1. The van der Waals surface area contributed by atoms with Gasteiger partial charge in [-0.1, -0.05) is 60.1 Å². The molecule has 0 unspecified atom stereocenters. The van der Waals surface area contributed by atoms with Gasteiger partial charge < -0.3 is 4.90 Å². The lowest BCUT2D eigenvalue weighted by atomic mass is 9.71. The molecular formula is C21H25BrN2. The summed E-state index contributed by atoms with van der Waals surface area (Å²) in [4.78, 5) is 5.22. The van der Waals surface area contributed by atoms with Gasteiger partial charge in [-0.15, -0.1) is 0 Å². The molecule has 2 aliphatic rings. The zero-order valence-electron chi connectivity index (χ0n) is 14.5. The van der Waals surface area contributed by atoms with Gasteiger partial charge >= 0.3 is 0 Å². The summed E-state index contributed by atoms with van der Waals surface area (Å²) in [5, 5.41) is 0. The van der Waals surface area contributed by atoms with Crippen LogP contribution < -0.4 is 4.90 Å². The highest BCUT2D eigenvalue weighted by Crippen LogP contribution is 2.52. The first-order valence-corrected chi connectivity index (χ1v) is 9.54. The van der Waals surface area contributed by atoms with Crippen LogP contribution in [0, 0.1) is 10.8 Å². The molecule has 0 aromatic heterocycles. The van der Waals surface area contributed by atoms with Crippen molar-refractivity contribution >= 4 is 21.6 Å². The Hall–Kier alpha value is -1.32. The fourth-order valence-corrected chi connectivity index (χ4v) is 4.86. The van der Waals surface area contributed by atoms with Gasteiger partial charge in [0.15, 0.2) is 0 Å². The van der Waals surface area contributed by atoms with Crippen LogP contribution in [-0.2, 0) is 6.54 Å². The Bertz CT molecular complexity index is 694. The van der Waals surface area contributed by atoms with E-state index in [2.05, 4.69) is 94.2 Å². The second kappa shape index (κ2) is 5.89. The molecule has 2 heterocycles. The number of benzene rings is 2. The highest BCUT2D eigenvalue weighted by Gasteiger charge is 2.57. The van der Waals surface area contributed by atoms with Crippen LogP contribution in [0.4, 0.5) is 5.69 Å². The minimum Gasteiger partial charge on any atom is -0.370 e. The summed E-state index contributed by atoms with van der Waals surface area (Å²) in [6, 6.07) is 19.6. The van der Waals surface area contributed by atoms with Crippen molar-refractivity contribution in [3.05, 3.63) is 64.6 Å². The third kappa shape index (κ3) is 2.78. The predicted molar refractivity (Wildman–Crippen MR) is 104 cm³/mol. The first-order chi connectivity index (χ1) is 11.5. The number of hydrogen-bond acceptors (Lipinski definition) is 2. The predicted octanol–water partition coefficient (Wildman–Crippen LogP) is 4.80. The molecule has 2 aromatic rings. The van der Waals surface area contributed by atoms with E-state index >= 15 is 0 Å². The number of hydrogen-bond donors (Lipinski definition) is 0. The summed E-state index contributed by atoms with van der Waals surface area (Å²) in [7, 11) is 0. The average Bonchev–Trinajstić information content (AvgIpc) is 2.93. The molecule has 126 valence electrons. The van der Waals surface area contributed by atoms with Crippen molar-refractivity contribution in [2.24, 2.45) is 10.8 Å². The molecule has 3 heteroatoms. The van der Waals surface area contributed by atoms with Crippen molar-refractivity contribution in [3.8, 4) is 0 Å². The molecule has 0 aliphatic carbocycles. The van der Waals surface area contributed by atoms with Gasteiger partial charge in [0.25, 0.3) is 0 Å². The standard InChI is InChI=1S/C21H25BrN2/c1-20-13-23(12-17-6-4-3-5-7-17)14-21(20,2)16-24(15-20)19-10-8-18(22)9-11-19/h3-11H,12-16H2,1-2H3/t20-,21+. The lowest BCUT2D eigenvalue weighted by molar-refractivity contribution is 0.212. The topological polar surface area (TPSA) is 6.48 Å². The molecule has 2 fully saturated rings. The molecule has 4 rings (SSSR count). The summed E-state index contributed by atoms with van der Waals surface area (Å²) in [6.45, 7) is 10.7. The van der Waals surface area contributed by atoms with Crippen molar-refractivity contribution in [1.82, 2.24) is 4.90 Å². The van der Waals surface area contributed by atoms with Gasteiger partial charge in [-0.3, -0.25) is 4.90 Å². The number of likely N-dealkylation sites (tertiary alicyclic amines) is 1. The Kier molecular flexibility index (Phi) is 3.97. The van der Waals surface area contributed by atoms with E-state index < -0.39 is 0 Å². The molecule has 0 bridgehead atoms.